The maximum Gasteiger partial charge on any atom is 0.170 e. The Hall–Kier alpha value is -2.39. The second-order valence-electron chi connectivity index (χ2n) is 6.71. The van der Waals surface area contributed by atoms with E-state index < -0.39 is 0 Å². The number of fused-ring (bicyclic) bond motifs is 1. The second-order valence-corrected chi connectivity index (χ2v) is 6.71. The zero-order valence-corrected chi connectivity index (χ0v) is 14.8. The molecular weight excluding hydrogens is 310 g/mol. The lowest BCUT2D eigenvalue weighted by Crippen LogP contribution is -2.20. The molecule has 1 heterocycles. The number of rotatable bonds is 7. The number of Topliss-reactive ketones (excluding diaryl/α,β-unsaturated/α-hetero) is 1. The van der Waals surface area contributed by atoms with Gasteiger partial charge in [0.25, 0.3) is 0 Å². The first-order chi connectivity index (χ1) is 12.1. The third-order valence-corrected chi connectivity index (χ3v) is 4.47. The number of nitrogens with one attached hydrogen (secondary N) is 1. The normalized spacial score (nSPS) is 16.2. The van der Waals surface area contributed by atoms with Crippen molar-refractivity contribution in [1.82, 2.24) is 5.32 Å². The molecule has 3 nitrogen and oxygen atoms in total. The van der Waals surface area contributed by atoms with E-state index in [0.717, 1.165) is 31.5 Å². The standard InChI is InChI=1S/C22H25NO2/c1-16(2)6-5-13-23-15-17-9-11-18(12-10-17)22-14-20(24)19-7-3-4-8-21(19)25-22/h3-4,7-12,22-23H,1,5-6,13-15H2,2H3. The highest BCUT2D eigenvalue weighted by Crippen LogP contribution is 2.34. The Morgan fingerprint density at radius 2 is 1.96 bits per heavy atom. The number of ketones is 1. The van der Waals surface area contributed by atoms with Crippen LogP contribution in [0.25, 0.3) is 0 Å². The average Bonchev–Trinajstić information content (AvgIpc) is 2.62. The summed E-state index contributed by atoms with van der Waals surface area (Å²) in [4.78, 5) is 12.3. The van der Waals surface area contributed by atoms with E-state index in [-0.39, 0.29) is 11.9 Å². The van der Waals surface area contributed by atoms with Gasteiger partial charge in [-0.1, -0.05) is 42.0 Å². The van der Waals surface area contributed by atoms with E-state index in [4.69, 9.17) is 4.74 Å². The lowest BCUT2D eigenvalue weighted by atomic mass is 9.96. The van der Waals surface area contributed by atoms with Crippen LogP contribution in [0.1, 0.15) is 53.8 Å². The summed E-state index contributed by atoms with van der Waals surface area (Å²) in [5.74, 6) is 0.835. The van der Waals surface area contributed by atoms with Crippen LogP contribution in [0, 0.1) is 0 Å². The SMILES string of the molecule is C=C(C)CCCNCc1ccc(C2CC(=O)c3ccccc3O2)cc1. The van der Waals surface area contributed by atoms with Crippen LogP contribution in [-0.2, 0) is 6.54 Å². The maximum absolute atomic E-state index is 12.3. The Bertz CT molecular complexity index is 749. The van der Waals surface area contributed by atoms with Crippen molar-refractivity contribution in [2.45, 2.75) is 38.8 Å². The van der Waals surface area contributed by atoms with Gasteiger partial charge in [-0.25, -0.2) is 0 Å². The van der Waals surface area contributed by atoms with Gasteiger partial charge in [-0.3, -0.25) is 4.79 Å². The molecule has 2 aromatic carbocycles. The minimum Gasteiger partial charge on any atom is -0.484 e. The Balaban J connectivity index is 1.56. The van der Waals surface area contributed by atoms with Crippen LogP contribution in [0.15, 0.2) is 60.7 Å². The van der Waals surface area contributed by atoms with Crippen molar-refractivity contribution in [2.24, 2.45) is 0 Å². The Morgan fingerprint density at radius 3 is 2.72 bits per heavy atom. The van der Waals surface area contributed by atoms with Crippen molar-refractivity contribution < 1.29 is 9.53 Å². The van der Waals surface area contributed by atoms with Crippen molar-refractivity contribution >= 4 is 5.78 Å². The minimum atomic E-state index is -0.194. The maximum atomic E-state index is 12.3. The number of benzene rings is 2. The molecule has 0 spiro atoms. The number of hydrogen-bond acceptors (Lipinski definition) is 3. The monoisotopic (exact) mass is 335 g/mol. The third-order valence-electron chi connectivity index (χ3n) is 4.47. The fourth-order valence-electron chi connectivity index (χ4n) is 3.06. The van der Waals surface area contributed by atoms with Gasteiger partial charge in [0.2, 0.25) is 0 Å². The zero-order chi connectivity index (χ0) is 17.6. The number of ether oxygens (including phenoxy) is 1. The molecule has 0 saturated carbocycles. The van der Waals surface area contributed by atoms with Crippen molar-refractivity contribution in [2.75, 3.05) is 6.54 Å². The van der Waals surface area contributed by atoms with Crippen molar-refractivity contribution in [1.29, 1.82) is 0 Å². The summed E-state index contributed by atoms with van der Waals surface area (Å²) in [6.07, 6.45) is 2.39. The van der Waals surface area contributed by atoms with Gasteiger partial charge in [0.1, 0.15) is 11.9 Å². The summed E-state index contributed by atoms with van der Waals surface area (Å²) in [5, 5.41) is 3.45. The van der Waals surface area contributed by atoms with E-state index in [1.807, 2.05) is 24.3 Å². The topological polar surface area (TPSA) is 38.3 Å². The van der Waals surface area contributed by atoms with Gasteiger partial charge < -0.3 is 10.1 Å². The van der Waals surface area contributed by atoms with Gasteiger partial charge in [0, 0.05) is 6.54 Å². The van der Waals surface area contributed by atoms with Gasteiger partial charge in [-0.2, -0.15) is 0 Å². The van der Waals surface area contributed by atoms with Crippen LogP contribution in [0.3, 0.4) is 0 Å². The number of carbonyl (C=O) groups is 1. The van der Waals surface area contributed by atoms with E-state index in [2.05, 4.69) is 43.1 Å². The fourth-order valence-corrected chi connectivity index (χ4v) is 3.06. The largest absolute Gasteiger partial charge is 0.484 e. The van der Waals surface area contributed by atoms with Crippen LogP contribution < -0.4 is 10.1 Å². The lowest BCUT2D eigenvalue weighted by Gasteiger charge is -2.25. The Labute approximate surface area is 149 Å². The van der Waals surface area contributed by atoms with Crippen molar-refractivity contribution in [3.63, 3.8) is 0 Å². The van der Waals surface area contributed by atoms with Gasteiger partial charge >= 0.3 is 0 Å². The molecule has 0 aromatic heterocycles. The van der Waals surface area contributed by atoms with E-state index in [1.165, 1.54) is 11.1 Å². The number of allylic oxidation sites excluding steroid dienone is 1. The first kappa shape index (κ1) is 17.4. The highest BCUT2D eigenvalue weighted by molar-refractivity contribution is 5.99. The third kappa shape index (κ3) is 4.58. The van der Waals surface area contributed by atoms with E-state index >= 15 is 0 Å². The predicted octanol–water partition coefficient (Wildman–Crippen LogP) is 4.84. The minimum absolute atomic E-state index is 0.148. The van der Waals surface area contributed by atoms with E-state index in [9.17, 15) is 4.79 Å². The predicted molar refractivity (Wildman–Crippen MR) is 101 cm³/mol. The van der Waals surface area contributed by atoms with Crippen LogP contribution in [0.5, 0.6) is 5.75 Å². The zero-order valence-electron chi connectivity index (χ0n) is 14.8. The molecular formula is C22H25NO2. The highest BCUT2D eigenvalue weighted by Gasteiger charge is 2.27. The smallest absolute Gasteiger partial charge is 0.170 e. The van der Waals surface area contributed by atoms with Crippen LogP contribution in [-0.4, -0.2) is 12.3 Å². The summed E-state index contributed by atoms with van der Waals surface area (Å²) in [7, 11) is 0. The summed E-state index contributed by atoms with van der Waals surface area (Å²) >= 11 is 0. The van der Waals surface area contributed by atoms with Gasteiger partial charge in [0.15, 0.2) is 5.78 Å². The van der Waals surface area contributed by atoms with Crippen LogP contribution >= 0.6 is 0 Å². The average molecular weight is 335 g/mol. The number of carbonyl (C=O) groups excluding carboxylic acids is 1. The molecule has 0 bridgehead atoms. The second kappa shape index (κ2) is 8.13. The Morgan fingerprint density at radius 1 is 1.20 bits per heavy atom. The molecule has 2 aromatic rings. The van der Waals surface area contributed by atoms with Crippen molar-refractivity contribution in [3.8, 4) is 5.75 Å². The summed E-state index contributed by atoms with van der Waals surface area (Å²) in [6.45, 7) is 7.83. The molecule has 3 heteroatoms. The molecule has 25 heavy (non-hydrogen) atoms. The van der Waals surface area contributed by atoms with Crippen molar-refractivity contribution in [3.05, 3.63) is 77.4 Å². The first-order valence-electron chi connectivity index (χ1n) is 8.86. The molecule has 1 atom stereocenters. The molecule has 1 aliphatic heterocycles. The molecule has 0 aliphatic carbocycles. The first-order valence-corrected chi connectivity index (χ1v) is 8.86. The van der Waals surface area contributed by atoms with Crippen LogP contribution in [0.2, 0.25) is 0 Å². The fraction of sp³-hybridized carbons (Fsp3) is 0.318. The molecule has 1 N–H and O–H groups in total. The summed E-state index contributed by atoms with van der Waals surface area (Å²) in [5.41, 5.74) is 4.21. The molecule has 0 fully saturated rings. The quantitative estimate of drug-likeness (QED) is 0.581. The molecule has 0 saturated heterocycles. The van der Waals surface area contributed by atoms with E-state index in [1.54, 1.807) is 0 Å². The van der Waals surface area contributed by atoms with Gasteiger partial charge in [-0.05, 0) is 49.6 Å². The molecule has 1 unspecified atom stereocenters. The molecule has 3 rings (SSSR count). The molecule has 1 aliphatic rings. The summed E-state index contributed by atoms with van der Waals surface area (Å²) < 4.78 is 6.02. The molecule has 0 amide bonds. The van der Waals surface area contributed by atoms with Gasteiger partial charge in [0.05, 0.1) is 12.0 Å². The van der Waals surface area contributed by atoms with E-state index in [0.29, 0.717) is 17.7 Å². The van der Waals surface area contributed by atoms with Gasteiger partial charge in [-0.15, -0.1) is 6.58 Å². The number of hydrogen-bond donors (Lipinski definition) is 1. The van der Waals surface area contributed by atoms with Crippen LogP contribution in [0.4, 0.5) is 0 Å². The lowest BCUT2D eigenvalue weighted by molar-refractivity contribution is 0.0850. The Kier molecular flexibility index (Phi) is 5.67. The molecule has 130 valence electrons. The highest BCUT2D eigenvalue weighted by atomic mass is 16.5. The molecule has 0 radical (unpaired) electrons. The number of para-hydroxylation sites is 1. The summed E-state index contributed by atoms with van der Waals surface area (Å²) in [6, 6.07) is 15.8.